The molecular weight excluding hydrogens is 678 g/mol. The molecule has 276 valence electrons. The highest BCUT2D eigenvalue weighted by atomic mass is 32.2. The van der Waals surface area contributed by atoms with Crippen LogP contribution in [0.4, 0.5) is 4.79 Å². The van der Waals surface area contributed by atoms with E-state index in [0.29, 0.717) is 19.3 Å². The van der Waals surface area contributed by atoms with Gasteiger partial charge in [-0.15, -0.1) is 6.58 Å². The van der Waals surface area contributed by atoms with Crippen molar-refractivity contribution in [1.82, 2.24) is 25.2 Å². The number of aromatic amines is 1. The van der Waals surface area contributed by atoms with Crippen molar-refractivity contribution in [1.29, 1.82) is 0 Å². The normalized spacial score (nSPS) is 28.0. The number of hydrogen-bond acceptors (Lipinski definition) is 9. The molecule has 2 aliphatic carbocycles. The summed E-state index contributed by atoms with van der Waals surface area (Å²) in [4.78, 5) is 72.7. The number of aromatic nitrogens is 1. The summed E-state index contributed by atoms with van der Waals surface area (Å²) in [7, 11) is -3.91. The van der Waals surface area contributed by atoms with E-state index in [-0.39, 0.29) is 31.7 Å². The summed E-state index contributed by atoms with van der Waals surface area (Å²) >= 11 is 0. The SMILES string of the molecule is C=C[C@H]1C[C@]1(NC(=O)[C@@H]1C[C@@H]2CN1C(=O)[C@H](C(C)(C)C)NC(=O)OCCCCCCc1cccc3[nH]c(cc13)C(=O)O2)C(=O)NS(=O)(=O)C1CC1. The molecule has 0 unspecified atom stereocenters. The summed E-state index contributed by atoms with van der Waals surface area (Å²) in [5.74, 6) is -3.40. The van der Waals surface area contributed by atoms with E-state index in [4.69, 9.17) is 9.47 Å². The summed E-state index contributed by atoms with van der Waals surface area (Å²) in [6, 6.07) is 5.22. The highest BCUT2D eigenvalue weighted by Crippen LogP contribution is 2.45. The number of cyclic esters (lactones) is 1. The van der Waals surface area contributed by atoms with Gasteiger partial charge in [0, 0.05) is 23.2 Å². The van der Waals surface area contributed by atoms with Gasteiger partial charge in [0.15, 0.2) is 0 Å². The van der Waals surface area contributed by atoms with E-state index in [1.165, 1.54) is 11.0 Å². The number of carbonyl (C=O) groups is 5. The molecule has 14 nitrogen and oxygen atoms in total. The number of H-pyrrole nitrogens is 1. The fourth-order valence-electron chi connectivity index (χ4n) is 7.06. The number of benzene rings is 1. The number of sulfonamides is 1. The molecule has 1 aromatic heterocycles. The summed E-state index contributed by atoms with van der Waals surface area (Å²) in [6.45, 7) is 9.04. The maximum atomic E-state index is 14.3. The van der Waals surface area contributed by atoms with Crippen molar-refractivity contribution in [3.63, 3.8) is 0 Å². The van der Waals surface area contributed by atoms with E-state index in [1.54, 1.807) is 26.8 Å². The molecule has 3 fully saturated rings. The lowest BCUT2D eigenvalue weighted by Crippen LogP contribution is -2.60. The smallest absolute Gasteiger partial charge is 0.407 e. The zero-order valence-corrected chi connectivity index (χ0v) is 30.1. The summed E-state index contributed by atoms with van der Waals surface area (Å²) in [5, 5.41) is 5.67. The number of hydrogen-bond donors (Lipinski definition) is 4. The Bertz CT molecular complexity index is 1850. The van der Waals surface area contributed by atoms with Crippen LogP contribution in [0.3, 0.4) is 0 Å². The van der Waals surface area contributed by atoms with Gasteiger partial charge in [0.2, 0.25) is 21.8 Å². The molecule has 0 spiro atoms. The van der Waals surface area contributed by atoms with Gasteiger partial charge in [0.1, 0.15) is 29.4 Å². The first-order chi connectivity index (χ1) is 24.1. The Hall–Kier alpha value is -4.40. The molecule has 4 amide bonds. The maximum Gasteiger partial charge on any atom is 0.407 e. The van der Waals surface area contributed by atoms with Gasteiger partial charge in [-0.2, -0.15) is 0 Å². The lowest BCUT2D eigenvalue weighted by Gasteiger charge is -2.35. The Balaban J connectivity index is 1.29. The first kappa shape index (κ1) is 36.4. The average molecular weight is 726 g/mol. The molecule has 15 heteroatoms. The molecule has 1 saturated heterocycles. The highest BCUT2D eigenvalue weighted by molar-refractivity contribution is 7.91. The Labute approximate surface area is 297 Å². The third kappa shape index (κ3) is 7.77. The van der Waals surface area contributed by atoms with Gasteiger partial charge in [0.05, 0.1) is 18.4 Å². The number of fused-ring (bicyclic) bond motifs is 3. The second-order valence-corrected chi connectivity index (χ2v) is 17.2. The number of alkyl carbamates (subject to hydrolysis) is 1. The zero-order chi connectivity index (χ0) is 36.7. The first-order valence-electron chi connectivity index (χ1n) is 17.7. The number of nitrogens with zero attached hydrogens (tertiary/aromatic N) is 1. The van der Waals surface area contributed by atoms with E-state index in [0.717, 1.165) is 42.1 Å². The molecular formula is C36H47N5O9S. The molecule has 4 N–H and O–H groups in total. The number of esters is 1. The summed E-state index contributed by atoms with van der Waals surface area (Å²) in [6.07, 6.45) is 4.79. The van der Waals surface area contributed by atoms with Gasteiger partial charge < -0.3 is 30.0 Å². The van der Waals surface area contributed by atoms with Crippen LogP contribution in [0.1, 0.15) is 88.2 Å². The molecule has 2 aliphatic heterocycles. The van der Waals surface area contributed by atoms with Crippen LogP contribution in [0.2, 0.25) is 0 Å². The van der Waals surface area contributed by atoms with Gasteiger partial charge in [-0.3, -0.25) is 19.1 Å². The Morgan fingerprint density at radius 1 is 1.10 bits per heavy atom. The number of amides is 4. The number of rotatable bonds is 6. The molecule has 2 aromatic rings. The summed E-state index contributed by atoms with van der Waals surface area (Å²) in [5.41, 5.74) is -0.315. The Morgan fingerprint density at radius 3 is 2.53 bits per heavy atom. The number of nitrogens with one attached hydrogen (secondary N) is 4. The second-order valence-electron chi connectivity index (χ2n) is 15.3. The molecule has 6 rings (SSSR count). The molecule has 1 aromatic carbocycles. The highest BCUT2D eigenvalue weighted by Gasteiger charge is 2.62. The standard InChI is InChI=1S/C36H47N5O9S/c1-5-22-19-36(22,33(45)40-51(47,48)24-14-15-24)39-30(42)28-17-23-20-41(28)31(43)29(35(2,3)4)38-34(46)49-16-9-7-6-8-11-21-12-10-13-26-25(21)18-27(37-26)32(44)50-23/h5,10,12-13,18,22-24,28-29,37H,1,6-9,11,14-17,19-20H2,2-4H3,(H,38,46)(H,39,42)(H,40,45)/t22-,23+,28-,29+,36+/m0/s1. The van der Waals surface area contributed by atoms with E-state index >= 15 is 0 Å². The Kier molecular flexibility index (Phi) is 9.96. The summed E-state index contributed by atoms with van der Waals surface area (Å²) < 4.78 is 38.7. The van der Waals surface area contributed by atoms with Gasteiger partial charge >= 0.3 is 12.1 Å². The van der Waals surface area contributed by atoms with E-state index in [9.17, 15) is 32.4 Å². The van der Waals surface area contributed by atoms with Crippen LogP contribution in [0.15, 0.2) is 36.9 Å². The van der Waals surface area contributed by atoms with Crippen molar-refractivity contribution in [3.05, 3.63) is 48.2 Å². The van der Waals surface area contributed by atoms with Gasteiger partial charge in [0.25, 0.3) is 5.91 Å². The molecule has 5 atom stereocenters. The van der Waals surface area contributed by atoms with Crippen LogP contribution >= 0.6 is 0 Å². The van der Waals surface area contributed by atoms with Gasteiger partial charge in [-0.25, -0.2) is 18.0 Å². The molecule has 2 saturated carbocycles. The van der Waals surface area contributed by atoms with Crippen LogP contribution in [-0.4, -0.2) is 90.2 Å². The van der Waals surface area contributed by atoms with Crippen molar-refractivity contribution in [2.24, 2.45) is 11.3 Å². The fraction of sp³-hybridized carbons (Fsp3) is 0.583. The molecule has 3 heterocycles. The largest absolute Gasteiger partial charge is 0.456 e. The maximum absolute atomic E-state index is 14.3. The van der Waals surface area contributed by atoms with Gasteiger partial charge in [-0.05, 0) is 61.6 Å². The number of aryl methyl sites for hydroxylation is 1. The minimum absolute atomic E-state index is 0.104. The van der Waals surface area contributed by atoms with Crippen LogP contribution in [0, 0.1) is 11.3 Å². The topological polar surface area (TPSA) is 193 Å². The van der Waals surface area contributed by atoms with Crippen LogP contribution in [-0.2, 0) is 40.3 Å². The van der Waals surface area contributed by atoms with Crippen molar-refractivity contribution in [2.75, 3.05) is 13.2 Å². The predicted molar refractivity (Wildman–Crippen MR) is 187 cm³/mol. The molecule has 51 heavy (non-hydrogen) atoms. The number of ether oxygens (including phenoxy) is 2. The van der Waals surface area contributed by atoms with E-state index < -0.39 is 80.1 Å². The molecule has 0 radical (unpaired) electrons. The second kappa shape index (κ2) is 14.0. The van der Waals surface area contributed by atoms with E-state index in [1.807, 2.05) is 18.2 Å². The van der Waals surface area contributed by atoms with Crippen molar-refractivity contribution in [2.45, 2.75) is 108 Å². The minimum Gasteiger partial charge on any atom is -0.456 e. The van der Waals surface area contributed by atoms with Crippen molar-refractivity contribution >= 4 is 50.7 Å². The number of carbonyl (C=O) groups excluding carboxylic acids is 5. The molecule has 4 aliphatic rings. The lowest BCUT2D eigenvalue weighted by molar-refractivity contribution is -0.142. The first-order valence-corrected chi connectivity index (χ1v) is 19.2. The minimum atomic E-state index is -3.91. The third-order valence-corrected chi connectivity index (χ3v) is 12.1. The van der Waals surface area contributed by atoms with Gasteiger partial charge in [-0.1, -0.05) is 51.8 Å². The van der Waals surface area contributed by atoms with Crippen molar-refractivity contribution < 1.29 is 41.9 Å². The monoisotopic (exact) mass is 725 g/mol. The lowest BCUT2D eigenvalue weighted by atomic mass is 9.85. The van der Waals surface area contributed by atoms with Crippen LogP contribution in [0.25, 0.3) is 10.9 Å². The van der Waals surface area contributed by atoms with E-state index in [2.05, 4.69) is 26.9 Å². The van der Waals surface area contributed by atoms with Crippen LogP contribution in [0.5, 0.6) is 0 Å². The predicted octanol–water partition coefficient (Wildman–Crippen LogP) is 3.22. The fourth-order valence-corrected chi connectivity index (χ4v) is 8.43. The Morgan fingerprint density at radius 2 is 1.84 bits per heavy atom. The average Bonchev–Trinajstić information content (AvgIpc) is 3.96. The quantitative estimate of drug-likeness (QED) is 0.256. The van der Waals surface area contributed by atoms with Crippen LogP contribution < -0.4 is 15.4 Å². The zero-order valence-electron chi connectivity index (χ0n) is 29.3. The third-order valence-electron chi connectivity index (χ3n) is 10.3. The van der Waals surface area contributed by atoms with Crippen molar-refractivity contribution in [3.8, 4) is 0 Å². The molecule has 4 bridgehead atoms.